The molecule has 2 fully saturated rings. The molecule has 0 unspecified atom stereocenters. The lowest BCUT2D eigenvalue weighted by Gasteiger charge is -2.19. The fourth-order valence-corrected chi connectivity index (χ4v) is 5.35. The zero-order valence-electron chi connectivity index (χ0n) is 16.4. The van der Waals surface area contributed by atoms with Gasteiger partial charge in [0.25, 0.3) is 0 Å². The van der Waals surface area contributed by atoms with Crippen molar-refractivity contribution in [3.8, 4) is 0 Å². The van der Waals surface area contributed by atoms with Crippen molar-refractivity contribution in [2.45, 2.75) is 20.0 Å². The lowest BCUT2D eigenvalue weighted by molar-refractivity contribution is -0.123. The van der Waals surface area contributed by atoms with E-state index in [0.717, 1.165) is 16.5 Å². The van der Waals surface area contributed by atoms with Gasteiger partial charge in [0.05, 0.1) is 23.1 Å². The maximum Gasteiger partial charge on any atom is 0.338 e. The van der Waals surface area contributed by atoms with Gasteiger partial charge in [0.2, 0.25) is 11.8 Å². The Morgan fingerprint density at radius 1 is 1.03 bits per heavy atom. The molecule has 30 heavy (non-hydrogen) atoms. The summed E-state index contributed by atoms with van der Waals surface area (Å²) in [5, 5.41) is 0. The van der Waals surface area contributed by atoms with Crippen molar-refractivity contribution >= 4 is 39.4 Å². The summed E-state index contributed by atoms with van der Waals surface area (Å²) in [6.07, 6.45) is 3.07. The number of imide groups is 1. The van der Waals surface area contributed by atoms with E-state index in [-0.39, 0.29) is 42.1 Å². The molecule has 0 N–H and O–H groups in total. The second-order valence-electron chi connectivity index (χ2n) is 8.23. The zero-order chi connectivity index (χ0) is 21.0. The van der Waals surface area contributed by atoms with Crippen LogP contribution in [0.15, 0.2) is 64.7 Å². The van der Waals surface area contributed by atoms with Crippen LogP contribution in [0.4, 0.5) is 5.69 Å². The first-order valence-electron chi connectivity index (χ1n) is 10.0. The molecule has 6 heteroatoms. The van der Waals surface area contributed by atoms with Crippen molar-refractivity contribution in [3.63, 3.8) is 0 Å². The van der Waals surface area contributed by atoms with Crippen LogP contribution in [0.5, 0.6) is 0 Å². The Hall–Kier alpha value is -2.73. The molecule has 2 bridgehead atoms. The summed E-state index contributed by atoms with van der Waals surface area (Å²) >= 11 is 3.37. The third-order valence-electron chi connectivity index (χ3n) is 6.53. The molecule has 2 aromatic rings. The number of hydrogen-bond acceptors (Lipinski definition) is 4. The number of fused-ring (bicyclic) bond motifs is 5. The Morgan fingerprint density at radius 2 is 1.70 bits per heavy atom. The van der Waals surface area contributed by atoms with E-state index in [4.69, 9.17) is 4.74 Å². The smallest absolute Gasteiger partial charge is 0.338 e. The van der Waals surface area contributed by atoms with Crippen molar-refractivity contribution in [3.05, 3.63) is 75.8 Å². The summed E-state index contributed by atoms with van der Waals surface area (Å²) in [5.74, 6) is -0.783. The molecular weight excluding hydrogens is 446 g/mol. The third kappa shape index (κ3) is 3.01. The molecule has 3 aliphatic rings. The van der Waals surface area contributed by atoms with Crippen LogP contribution < -0.4 is 4.90 Å². The Morgan fingerprint density at radius 3 is 2.40 bits per heavy atom. The highest BCUT2D eigenvalue weighted by Crippen LogP contribution is 2.55. The summed E-state index contributed by atoms with van der Waals surface area (Å²) < 4.78 is 6.32. The molecule has 4 atom stereocenters. The van der Waals surface area contributed by atoms with E-state index in [1.165, 1.54) is 10.5 Å². The summed E-state index contributed by atoms with van der Waals surface area (Å²) in [7, 11) is 0. The number of amides is 2. The van der Waals surface area contributed by atoms with Gasteiger partial charge in [0.15, 0.2) is 0 Å². The lowest BCUT2D eigenvalue weighted by atomic mass is 9.82. The fraction of sp³-hybridized carbons (Fsp3) is 0.292. The van der Waals surface area contributed by atoms with Gasteiger partial charge in [-0.1, -0.05) is 39.7 Å². The normalized spacial score (nSPS) is 26.7. The molecule has 0 spiro atoms. The summed E-state index contributed by atoms with van der Waals surface area (Å²) in [5.41, 5.74) is 3.02. The van der Waals surface area contributed by atoms with Gasteiger partial charge in [-0.25, -0.2) is 4.79 Å². The van der Waals surface area contributed by atoms with Gasteiger partial charge in [-0.05, 0) is 67.1 Å². The minimum Gasteiger partial charge on any atom is -0.457 e. The largest absolute Gasteiger partial charge is 0.457 e. The molecule has 152 valence electrons. The van der Waals surface area contributed by atoms with E-state index >= 15 is 0 Å². The number of carbonyl (C=O) groups excluding carboxylic acids is 3. The Kier molecular flexibility index (Phi) is 4.62. The second-order valence-corrected chi connectivity index (χ2v) is 9.15. The predicted molar refractivity (Wildman–Crippen MR) is 115 cm³/mol. The Bertz CT molecular complexity index is 1070. The average molecular weight is 466 g/mol. The summed E-state index contributed by atoms with van der Waals surface area (Å²) in [6, 6.07) is 14.0. The zero-order valence-corrected chi connectivity index (χ0v) is 18.0. The first kappa shape index (κ1) is 19.2. The SMILES string of the molecule is CC1=C[C@H]2C[C@@H]1[C@@H]1C(=O)N(c3ccc(C(=O)OCc4ccc(Br)cc4)cc3)C(=O)[C@H]12. The molecule has 5 rings (SSSR count). The van der Waals surface area contributed by atoms with Crippen LogP contribution in [0.1, 0.15) is 29.3 Å². The van der Waals surface area contributed by atoms with Gasteiger partial charge >= 0.3 is 5.97 Å². The number of anilines is 1. The fourth-order valence-electron chi connectivity index (χ4n) is 5.09. The van der Waals surface area contributed by atoms with Gasteiger partial charge in [0.1, 0.15) is 6.61 Å². The lowest BCUT2D eigenvalue weighted by Crippen LogP contribution is -2.32. The standard InChI is InChI=1S/C24H20BrNO4/c1-13-10-16-11-19(13)21-20(16)22(27)26(23(21)28)18-8-4-15(5-9-18)24(29)30-12-14-2-6-17(25)7-3-14/h2-10,16,19-21H,11-12H2,1H3/t16-,19-,20-,21-/m0/s1. The molecule has 1 saturated carbocycles. The van der Waals surface area contributed by atoms with Crippen LogP contribution in [0, 0.1) is 23.7 Å². The number of hydrogen-bond donors (Lipinski definition) is 0. The summed E-state index contributed by atoms with van der Waals surface area (Å²) in [6.45, 7) is 2.23. The van der Waals surface area contributed by atoms with Gasteiger partial charge in [0, 0.05) is 4.47 Å². The first-order valence-corrected chi connectivity index (χ1v) is 10.8. The molecule has 2 amide bonds. The van der Waals surface area contributed by atoms with Crippen molar-refractivity contribution in [2.24, 2.45) is 23.7 Å². The highest BCUT2D eigenvalue weighted by Gasteiger charge is 2.60. The van der Waals surface area contributed by atoms with Crippen molar-refractivity contribution < 1.29 is 19.1 Å². The van der Waals surface area contributed by atoms with E-state index in [1.54, 1.807) is 24.3 Å². The monoisotopic (exact) mass is 465 g/mol. The van der Waals surface area contributed by atoms with E-state index in [2.05, 4.69) is 28.9 Å². The maximum absolute atomic E-state index is 13.0. The quantitative estimate of drug-likeness (QED) is 0.378. The molecular formula is C24H20BrNO4. The predicted octanol–water partition coefficient (Wildman–Crippen LogP) is 4.51. The number of ether oxygens (including phenoxy) is 1. The first-order chi connectivity index (χ1) is 14.4. The van der Waals surface area contributed by atoms with Crippen LogP contribution in [0.25, 0.3) is 0 Å². The van der Waals surface area contributed by atoms with Crippen molar-refractivity contribution in [2.75, 3.05) is 4.90 Å². The van der Waals surface area contributed by atoms with Gasteiger partial charge < -0.3 is 4.74 Å². The molecule has 2 aromatic carbocycles. The van der Waals surface area contributed by atoms with Gasteiger partial charge in [-0.3, -0.25) is 14.5 Å². The van der Waals surface area contributed by atoms with Crippen LogP contribution >= 0.6 is 15.9 Å². The van der Waals surface area contributed by atoms with Crippen LogP contribution in [0.3, 0.4) is 0 Å². The van der Waals surface area contributed by atoms with Crippen LogP contribution in [-0.2, 0) is 20.9 Å². The van der Waals surface area contributed by atoms with Crippen LogP contribution in [0.2, 0.25) is 0 Å². The summed E-state index contributed by atoms with van der Waals surface area (Å²) in [4.78, 5) is 39.6. The molecule has 0 radical (unpaired) electrons. The molecule has 1 heterocycles. The number of benzene rings is 2. The minimum atomic E-state index is -0.446. The van der Waals surface area contributed by atoms with E-state index in [0.29, 0.717) is 11.3 Å². The highest BCUT2D eigenvalue weighted by atomic mass is 79.9. The third-order valence-corrected chi connectivity index (χ3v) is 7.05. The molecule has 5 nitrogen and oxygen atoms in total. The van der Waals surface area contributed by atoms with Crippen LogP contribution in [-0.4, -0.2) is 17.8 Å². The van der Waals surface area contributed by atoms with E-state index < -0.39 is 5.97 Å². The Balaban J connectivity index is 1.28. The van der Waals surface area contributed by atoms with E-state index in [1.807, 2.05) is 24.3 Å². The average Bonchev–Trinajstić information content (AvgIpc) is 3.38. The number of rotatable bonds is 4. The van der Waals surface area contributed by atoms with Crippen molar-refractivity contribution in [1.82, 2.24) is 0 Å². The highest BCUT2D eigenvalue weighted by molar-refractivity contribution is 9.10. The molecule has 0 aromatic heterocycles. The van der Waals surface area contributed by atoms with Crippen molar-refractivity contribution in [1.29, 1.82) is 0 Å². The number of carbonyl (C=O) groups is 3. The van der Waals surface area contributed by atoms with Gasteiger partial charge in [-0.15, -0.1) is 0 Å². The number of esters is 1. The number of allylic oxidation sites excluding steroid dienone is 2. The molecule has 1 saturated heterocycles. The second kappa shape index (κ2) is 7.20. The minimum absolute atomic E-state index is 0.115. The maximum atomic E-state index is 13.0. The number of halogens is 1. The molecule has 2 aliphatic carbocycles. The molecule has 1 aliphatic heterocycles. The Labute approximate surface area is 182 Å². The van der Waals surface area contributed by atoms with Gasteiger partial charge in [-0.2, -0.15) is 0 Å². The van der Waals surface area contributed by atoms with E-state index in [9.17, 15) is 14.4 Å². The topological polar surface area (TPSA) is 63.7 Å². The number of nitrogens with zero attached hydrogens (tertiary/aromatic N) is 1.